The quantitative estimate of drug-likeness (QED) is 0.803. The van der Waals surface area contributed by atoms with Crippen molar-refractivity contribution < 1.29 is 4.74 Å². The molecule has 0 fully saturated rings. The standard InChI is InChI=1S/C11H14N4O/c1-2-16-10-5-3-4-9(6-10)7-12-11-13-8-14-15-11/h3-6,8H,2,7H2,1H3,(H2,12,13,14,15). The number of hydrogen-bond acceptors (Lipinski definition) is 4. The third kappa shape index (κ3) is 2.73. The summed E-state index contributed by atoms with van der Waals surface area (Å²) in [5.74, 6) is 1.56. The van der Waals surface area contributed by atoms with E-state index in [0.717, 1.165) is 11.3 Å². The van der Waals surface area contributed by atoms with Crippen molar-refractivity contribution in [2.45, 2.75) is 13.5 Å². The molecular formula is C11H14N4O. The van der Waals surface area contributed by atoms with Gasteiger partial charge in [0.25, 0.3) is 0 Å². The van der Waals surface area contributed by atoms with Gasteiger partial charge in [-0.05, 0) is 24.6 Å². The van der Waals surface area contributed by atoms with Crippen LogP contribution in [-0.4, -0.2) is 21.8 Å². The molecule has 0 amide bonds. The zero-order valence-electron chi connectivity index (χ0n) is 9.10. The van der Waals surface area contributed by atoms with Gasteiger partial charge >= 0.3 is 0 Å². The zero-order valence-corrected chi connectivity index (χ0v) is 9.10. The van der Waals surface area contributed by atoms with Gasteiger partial charge in [-0.2, -0.15) is 5.10 Å². The number of nitrogens with zero attached hydrogens (tertiary/aromatic N) is 2. The van der Waals surface area contributed by atoms with Crippen LogP contribution in [0.4, 0.5) is 5.95 Å². The minimum atomic E-state index is 0.668. The number of aromatic amines is 1. The number of aromatic nitrogens is 3. The molecule has 16 heavy (non-hydrogen) atoms. The second-order valence-corrected chi connectivity index (χ2v) is 3.27. The van der Waals surface area contributed by atoms with Crippen LogP contribution in [0.1, 0.15) is 12.5 Å². The van der Waals surface area contributed by atoms with E-state index in [1.165, 1.54) is 6.33 Å². The molecule has 2 rings (SSSR count). The van der Waals surface area contributed by atoms with E-state index >= 15 is 0 Å². The third-order valence-corrected chi connectivity index (χ3v) is 2.08. The second kappa shape index (κ2) is 5.16. The fraction of sp³-hybridized carbons (Fsp3) is 0.273. The van der Waals surface area contributed by atoms with Gasteiger partial charge in [0.15, 0.2) is 0 Å². The van der Waals surface area contributed by atoms with Crippen molar-refractivity contribution in [2.75, 3.05) is 11.9 Å². The van der Waals surface area contributed by atoms with E-state index in [1.807, 2.05) is 31.2 Å². The number of benzene rings is 1. The second-order valence-electron chi connectivity index (χ2n) is 3.27. The lowest BCUT2D eigenvalue weighted by Gasteiger charge is -2.06. The average molecular weight is 218 g/mol. The predicted molar refractivity (Wildman–Crippen MR) is 61.3 cm³/mol. The number of hydrogen-bond donors (Lipinski definition) is 2. The summed E-state index contributed by atoms with van der Waals surface area (Å²) in [6.07, 6.45) is 1.47. The van der Waals surface area contributed by atoms with Gasteiger partial charge in [-0.3, -0.25) is 0 Å². The maximum Gasteiger partial charge on any atom is 0.218 e. The molecule has 5 heteroatoms. The molecule has 0 radical (unpaired) electrons. The van der Waals surface area contributed by atoms with E-state index in [9.17, 15) is 0 Å². The van der Waals surface area contributed by atoms with Gasteiger partial charge in [0.05, 0.1) is 6.61 Å². The Bertz CT molecular complexity index is 427. The molecule has 0 aliphatic heterocycles. The molecule has 0 unspecified atom stereocenters. The SMILES string of the molecule is CCOc1cccc(CNc2ncn[nH]2)c1. The van der Waals surface area contributed by atoms with E-state index in [1.54, 1.807) is 0 Å². The first kappa shape index (κ1) is 10.5. The maximum absolute atomic E-state index is 5.42. The van der Waals surface area contributed by atoms with Crippen LogP contribution in [0.2, 0.25) is 0 Å². The van der Waals surface area contributed by atoms with Crippen LogP contribution in [0.3, 0.4) is 0 Å². The number of anilines is 1. The Morgan fingerprint density at radius 2 is 2.38 bits per heavy atom. The van der Waals surface area contributed by atoms with Crippen molar-refractivity contribution in [1.82, 2.24) is 15.2 Å². The molecule has 1 aromatic carbocycles. The summed E-state index contributed by atoms with van der Waals surface area (Å²) in [4.78, 5) is 3.98. The number of nitrogens with one attached hydrogen (secondary N) is 2. The van der Waals surface area contributed by atoms with Crippen molar-refractivity contribution in [1.29, 1.82) is 0 Å². The highest BCUT2D eigenvalue weighted by Crippen LogP contribution is 2.13. The largest absolute Gasteiger partial charge is 0.494 e. The maximum atomic E-state index is 5.42. The summed E-state index contributed by atoms with van der Waals surface area (Å²) in [6, 6.07) is 7.96. The highest BCUT2D eigenvalue weighted by atomic mass is 16.5. The Kier molecular flexibility index (Phi) is 3.38. The van der Waals surface area contributed by atoms with E-state index in [-0.39, 0.29) is 0 Å². The smallest absolute Gasteiger partial charge is 0.218 e. The van der Waals surface area contributed by atoms with Gasteiger partial charge in [0.2, 0.25) is 5.95 Å². The Balaban J connectivity index is 1.96. The lowest BCUT2D eigenvalue weighted by molar-refractivity contribution is 0.340. The van der Waals surface area contributed by atoms with Crippen LogP contribution < -0.4 is 10.1 Å². The van der Waals surface area contributed by atoms with Gasteiger partial charge in [-0.1, -0.05) is 12.1 Å². The summed E-state index contributed by atoms with van der Waals surface area (Å²) in [5.41, 5.74) is 1.14. The molecule has 0 saturated heterocycles. The third-order valence-electron chi connectivity index (χ3n) is 2.08. The Morgan fingerprint density at radius 1 is 1.44 bits per heavy atom. The minimum absolute atomic E-state index is 0.668. The van der Waals surface area contributed by atoms with E-state index in [2.05, 4.69) is 20.5 Å². The highest BCUT2D eigenvalue weighted by molar-refractivity contribution is 5.31. The highest BCUT2D eigenvalue weighted by Gasteiger charge is 1.98. The van der Waals surface area contributed by atoms with Crippen LogP contribution in [0.25, 0.3) is 0 Å². The van der Waals surface area contributed by atoms with Gasteiger partial charge in [0.1, 0.15) is 12.1 Å². The lowest BCUT2D eigenvalue weighted by atomic mass is 10.2. The molecule has 0 bridgehead atoms. The summed E-state index contributed by atoms with van der Waals surface area (Å²) < 4.78 is 5.42. The summed E-state index contributed by atoms with van der Waals surface area (Å²) in [6.45, 7) is 3.34. The predicted octanol–water partition coefficient (Wildman–Crippen LogP) is 1.82. The molecule has 1 heterocycles. The van der Waals surface area contributed by atoms with Gasteiger partial charge < -0.3 is 10.1 Å². The summed E-state index contributed by atoms with van der Waals surface area (Å²) in [7, 11) is 0. The number of ether oxygens (including phenoxy) is 1. The van der Waals surface area contributed by atoms with Crippen molar-refractivity contribution in [3.63, 3.8) is 0 Å². The molecule has 5 nitrogen and oxygen atoms in total. The molecule has 1 aromatic heterocycles. The van der Waals surface area contributed by atoms with Crippen molar-refractivity contribution in [3.05, 3.63) is 36.2 Å². The molecule has 0 aliphatic carbocycles. The van der Waals surface area contributed by atoms with Crippen molar-refractivity contribution in [2.24, 2.45) is 0 Å². The van der Waals surface area contributed by atoms with Crippen LogP contribution in [0, 0.1) is 0 Å². The fourth-order valence-corrected chi connectivity index (χ4v) is 1.39. The Morgan fingerprint density at radius 3 is 3.12 bits per heavy atom. The number of rotatable bonds is 5. The first-order valence-electron chi connectivity index (χ1n) is 5.19. The zero-order chi connectivity index (χ0) is 11.2. The van der Waals surface area contributed by atoms with Crippen LogP contribution in [0.15, 0.2) is 30.6 Å². The molecule has 84 valence electrons. The van der Waals surface area contributed by atoms with Crippen LogP contribution in [-0.2, 0) is 6.54 Å². The Hall–Kier alpha value is -2.04. The van der Waals surface area contributed by atoms with Crippen LogP contribution >= 0.6 is 0 Å². The molecule has 0 atom stereocenters. The van der Waals surface area contributed by atoms with Crippen molar-refractivity contribution in [3.8, 4) is 5.75 Å². The molecule has 0 aliphatic rings. The minimum Gasteiger partial charge on any atom is -0.494 e. The monoisotopic (exact) mass is 218 g/mol. The number of H-pyrrole nitrogens is 1. The first-order valence-corrected chi connectivity index (χ1v) is 5.19. The molecule has 0 saturated carbocycles. The van der Waals surface area contributed by atoms with Gasteiger partial charge in [-0.15, -0.1) is 0 Å². The van der Waals surface area contributed by atoms with Crippen molar-refractivity contribution >= 4 is 5.95 Å². The fourth-order valence-electron chi connectivity index (χ4n) is 1.39. The normalized spacial score (nSPS) is 10.1. The van der Waals surface area contributed by atoms with E-state index in [0.29, 0.717) is 19.1 Å². The average Bonchev–Trinajstić information content (AvgIpc) is 2.80. The van der Waals surface area contributed by atoms with Gasteiger partial charge in [0, 0.05) is 6.54 Å². The first-order chi connectivity index (χ1) is 7.88. The lowest BCUT2D eigenvalue weighted by Crippen LogP contribution is -2.01. The molecule has 2 aromatic rings. The topological polar surface area (TPSA) is 62.8 Å². The van der Waals surface area contributed by atoms with Gasteiger partial charge in [-0.25, -0.2) is 10.1 Å². The molecule has 0 spiro atoms. The summed E-state index contributed by atoms with van der Waals surface area (Å²) in [5, 5.41) is 9.63. The summed E-state index contributed by atoms with van der Waals surface area (Å²) >= 11 is 0. The van der Waals surface area contributed by atoms with Crippen LogP contribution in [0.5, 0.6) is 5.75 Å². The van der Waals surface area contributed by atoms with E-state index < -0.39 is 0 Å². The van der Waals surface area contributed by atoms with E-state index in [4.69, 9.17) is 4.74 Å². The molecular weight excluding hydrogens is 204 g/mol. The molecule has 2 N–H and O–H groups in total. The Labute approximate surface area is 93.9 Å².